The Bertz CT molecular complexity index is 571. The third-order valence-electron chi connectivity index (χ3n) is 4.43. The molecule has 2 aromatic rings. The maximum Gasteiger partial charge on any atom is 0.131 e. The molecule has 1 aromatic heterocycles. The summed E-state index contributed by atoms with van der Waals surface area (Å²) in [6.07, 6.45) is 5.17. The number of nitrogens with one attached hydrogen (secondary N) is 1. The van der Waals surface area contributed by atoms with Crippen LogP contribution >= 0.6 is 11.3 Å². The van der Waals surface area contributed by atoms with Crippen LogP contribution in [0.5, 0.6) is 0 Å². The lowest BCUT2D eigenvalue weighted by molar-refractivity contribution is 0.306. The van der Waals surface area contributed by atoms with Gasteiger partial charge in [-0.2, -0.15) is 0 Å². The molecule has 0 aliphatic heterocycles. The molecule has 0 saturated heterocycles. The monoisotopic (exact) mass is 303 g/mol. The Labute approximate surface area is 130 Å². The second-order valence-corrected chi connectivity index (χ2v) is 7.08. The first-order valence-corrected chi connectivity index (χ1v) is 8.66. The van der Waals surface area contributed by atoms with E-state index in [2.05, 4.69) is 12.2 Å². The lowest BCUT2D eigenvalue weighted by Crippen LogP contribution is -2.32. The first-order valence-electron chi connectivity index (χ1n) is 7.78. The third kappa shape index (κ3) is 3.72. The van der Waals surface area contributed by atoms with Crippen LogP contribution < -0.4 is 5.32 Å². The summed E-state index contributed by atoms with van der Waals surface area (Å²) >= 11 is 1.58. The van der Waals surface area contributed by atoms with Crippen LogP contribution in [0, 0.1) is 11.7 Å². The van der Waals surface area contributed by atoms with Gasteiger partial charge in [0.15, 0.2) is 0 Å². The predicted octanol–water partition coefficient (Wildman–Crippen LogP) is 5.22. The summed E-state index contributed by atoms with van der Waals surface area (Å²) in [5.41, 5.74) is 1.89. The Morgan fingerprint density at radius 1 is 1.19 bits per heavy atom. The van der Waals surface area contributed by atoms with E-state index in [0.717, 1.165) is 22.9 Å². The van der Waals surface area contributed by atoms with Crippen LogP contribution in [0.1, 0.15) is 38.2 Å². The molecule has 1 fully saturated rings. The van der Waals surface area contributed by atoms with Crippen molar-refractivity contribution < 1.29 is 4.39 Å². The zero-order valence-electron chi connectivity index (χ0n) is 12.4. The molecular formula is C18H22FNS. The van der Waals surface area contributed by atoms with E-state index >= 15 is 0 Å². The van der Waals surface area contributed by atoms with Gasteiger partial charge in [0.25, 0.3) is 0 Å². The lowest BCUT2D eigenvalue weighted by Gasteiger charge is -2.27. The van der Waals surface area contributed by atoms with Crippen molar-refractivity contribution in [2.75, 3.05) is 0 Å². The first kappa shape index (κ1) is 14.7. The SMILES string of the molecule is CC1CCC(NCc2ccc(F)c(-c3cccs3)c2)CC1. The van der Waals surface area contributed by atoms with Crippen LogP contribution in [0.3, 0.4) is 0 Å². The average molecular weight is 303 g/mol. The Hall–Kier alpha value is -1.19. The summed E-state index contributed by atoms with van der Waals surface area (Å²) in [6, 6.07) is 10.0. The molecule has 1 heterocycles. The molecule has 0 spiro atoms. The van der Waals surface area contributed by atoms with Crippen molar-refractivity contribution in [3.8, 4) is 10.4 Å². The Kier molecular flexibility index (Phi) is 4.71. The first-order chi connectivity index (χ1) is 10.2. The lowest BCUT2D eigenvalue weighted by atomic mass is 9.87. The van der Waals surface area contributed by atoms with Gasteiger partial charge in [-0.25, -0.2) is 4.39 Å². The van der Waals surface area contributed by atoms with E-state index in [1.165, 1.54) is 31.2 Å². The molecule has 0 atom stereocenters. The van der Waals surface area contributed by atoms with Gasteiger partial charge in [0.2, 0.25) is 0 Å². The quantitative estimate of drug-likeness (QED) is 0.816. The second-order valence-electron chi connectivity index (χ2n) is 6.13. The van der Waals surface area contributed by atoms with Gasteiger partial charge >= 0.3 is 0 Å². The molecule has 0 bridgehead atoms. The second kappa shape index (κ2) is 6.71. The highest BCUT2D eigenvalue weighted by Crippen LogP contribution is 2.28. The van der Waals surface area contributed by atoms with E-state index in [1.54, 1.807) is 17.4 Å². The molecule has 3 rings (SSSR count). The van der Waals surface area contributed by atoms with Crippen molar-refractivity contribution in [2.45, 2.75) is 45.2 Å². The molecule has 112 valence electrons. The molecule has 0 radical (unpaired) electrons. The zero-order valence-corrected chi connectivity index (χ0v) is 13.3. The molecule has 1 saturated carbocycles. The van der Waals surface area contributed by atoms with Crippen molar-refractivity contribution in [3.05, 3.63) is 47.1 Å². The maximum atomic E-state index is 14.0. The Balaban J connectivity index is 1.65. The number of hydrogen-bond acceptors (Lipinski definition) is 2. The van der Waals surface area contributed by atoms with Gasteiger partial charge < -0.3 is 5.32 Å². The molecule has 1 nitrogen and oxygen atoms in total. The van der Waals surface area contributed by atoms with E-state index in [-0.39, 0.29) is 5.82 Å². The van der Waals surface area contributed by atoms with Gasteiger partial charge in [-0.15, -0.1) is 11.3 Å². The van der Waals surface area contributed by atoms with Crippen LogP contribution in [0.15, 0.2) is 35.7 Å². The van der Waals surface area contributed by atoms with Gasteiger partial charge in [-0.3, -0.25) is 0 Å². The van der Waals surface area contributed by atoms with Gasteiger partial charge in [-0.05, 0) is 60.7 Å². The highest BCUT2D eigenvalue weighted by molar-refractivity contribution is 7.13. The van der Waals surface area contributed by atoms with Crippen molar-refractivity contribution in [1.29, 1.82) is 0 Å². The van der Waals surface area contributed by atoms with Crippen LogP contribution in [0.2, 0.25) is 0 Å². The molecule has 0 amide bonds. The smallest absolute Gasteiger partial charge is 0.131 e. The standard InChI is InChI=1S/C18H22FNS/c1-13-4-7-15(8-5-13)20-12-14-6-9-17(19)16(11-14)18-3-2-10-21-18/h2-3,6,9-11,13,15,20H,4-5,7-8,12H2,1H3. The molecule has 1 N–H and O–H groups in total. The zero-order chi connectivity index (χ0) is 14.7. The largest absolute Gasteiger partial charge is 0.310 e. The number of halogens is 1. The van der Waals surface area contributed by atoms with Gasteiger partial charge in [0.1, 0.15) is 5.82 Å². The molecular weight excluding hydrogens is 281 g/mol. The molecule has 21 heavy (non-hydrogen) atoms. The van der Waals surface area contributed by atoms with Crippen LogP contribution in [-0.2, 0) is 6.54 Å². The molecule has 1 aromatic carbocycles. The fraction of sp³-hybridized carbons (Fsp3) is 0.444. The maximum absolute atomic E-state index is 14.0. The minimum absolute atomic E-state index is 0.132. The minimum Gasteiger partial charge on any atom is -0.310 e. The van der Waals surface area contributed by atoms with E-state index in [4.69, 9.17) is 0 Å². The number of thiophene rings is 1. The highest BCUT2D eigenvalue weighted by atomic mass is 32.1. The summed E-state index contributed by atoms with van der Waals surface area (Å²) in [4.78, 5) is 1.00. The molecule has 1 aliphatic rings. The van der Waals surface area contributed by atoms with E-state index in [0.29, 0.717) is 6.04 Å². The van der Waals surface area contributed by atoms with Crippen molar-refractivity contribution in [1.82, 2.24) is 5.32 Å². The average Bonchev–Trinajstić information content (AvgIpc) is 3.02. The summed E-state index contributed by atoms with van der Waals surface area (Å²) in [6.45, 7) is 3.17. The van der Waals surface area contributed by atoms with Gasteiger partial charge in [0, 0.05) is 23.0 Å². The minimum atomic E-state index is -0.132. The molecule has 0 unspecified atom stereocenters. The predicted molar refractivity (Wildman–Crippen MR) is 88.0 cm³/mol. The Morgan fingerprint density at radius 3 is 2.71 bits per heavy atom. The molecule has 3 heteroatoms. The van der Waals surface area contributed by atoms with Crippen molar-refractivity contribution in [2.24, 2.45) is 5.92 Å². The highest BCUT2D eigenvalue weighted by Gasteiger charge is 2.17. The third-order valence-corrected chi connectivity index (χ3v) is 5.33. The van der Waals surface area contributed by atoms with Crippen LogP contribution in [0.4, 0.5) is 4.39 Å². The fourth-order valence-electron chi connectivity index (χ4n) is 3.03. The number of benzene rings is 1. The molecule has 1 aliphatic carbocycles. The number of rotatable bonds is 4. The van der Waals surface area contributed by atoms with Crippen molar-refractivity contribution in [3.63, 3.8) is 0 Å². The normalized spacial score (nSPS) is 22.4. The summed E-state index contributed by atoms with van der Waals surface area (Å²) in [7, 11) is 0. The van der Waals surface area contributed by atoms with Gasteiger partial charge in [0.05, 0.1) is 0 Å². The van der Waals surface area contributed by atoms with Crippen LogP contribution in [-0.4, -0.2) is 6.04 Å². The summed E-state index contributed by atoms with van der Waals surface area (Å²) < 4.78 is 14.0. The van der Waals surface area contributed by atoms with Crippen LogP contribution in [0.25, 0.3) is 10.4 Å². The summed E-state index contributed by atoms with van der Waals surface area (Å²) in [5.74, 6) is 0.743. The number of hydrogen-bond donors (Lipinski definition) is 1. The fourth-order valence-corrected chi connectivity index (χ4v) is 3.77. The van der Waals surface area contributed by atoms with Crippen molar-refractivity contribution >= 4 is 11.3 Å². The van der Waals surface area contributed by atoms with E-state index < -0.39 is 0 Å². The summed E-state index contributed by atoms with van der Waals surface area (Å²) in [5, 5.41) is 5.62. The topological polar surface area (TPSA) is 12.0 Å². The van der Waals surface area contributed by atoms with E-state index in [9.17, 15) is 4.39 Å². The van der Waals surface area contributed by atoms with Gasteiger partial charge in [-0.1, -0.05) is 19.1 Å². The Morgan fingerprint density at radius 2 is 2.00 bits per heavy atom. The van der Waals surface area contributed by atoms with E-state index in [1.807, 2.05) is 29.6 Å².